The number of carboxylic acids is 2. The summed E-state index contributed by atoms with van der Waals surface area (Å²) in [6, 6.07) is -5.36. The number of carboxylic acid groups (broad SMARTS) is 2. The van der Waals surface area contributed by atoms with E-state index >= 15 is 0 Å². The summed E-state index contributed by atoms with van der Waals surface area (Å²) in [5.41, 5.74) is 10.4. The maximum Gasteiger partial charge on any atom is 0.326 e. The Morgan fingerprint density at radius 1 is 0.818 bits per heavy atom. The number of hydrogen-bond acceptors (Lipinski definition) is 9. The molecule has 15 heteroatoms. The van der Waals surface area contributed by atoms with Crippen LogP contribution in [0.25, 0.3) is 0 Å². The number of nitrogens with two attached hydrogens (primary N) is 2. The largest absolute Gasteiger partial charge is 0.481 e. The minimum Gasteiger partial charge on any atom is -0.481 e. The first-order valence-corrected chi connectivity index (χ1v) is 11.3. The van der Waals surface area contributed by atoms with E-state index in [1.807, 2.05) is 0 Å². The predicted molar refractivity (Wildman–Crippen MR) is 117 cm³/mol. The van der Waals surface area contributed by atoms with Gasteiger partial charge in [-0.1, -0.05) is 0 Å². The Morgan fingerprint density at radius 2 is 1.30 bits per heavy atom. The fourth-order valence-electron chi connectivity index (χ4n) is 2.49. The first-order chi connectivity index (χ1) is 15.4. The molecule has 0 aliphatic carbocycles. The number of carbonyl (C=O) groups is 6. The number of aliphatic hydroxyl groups excluding tert-OH is 1. The molecule has 4 atom stereocenters. The summed E-state index contributed by atoms with van der Waals surface area (Å²) in [6.45, 7) is -0.659. The molecule has 0 aromatic rings. The average Bonchev–Trinajstić information content (AvgIpc) is 2.74. The molecule has 4 amide bonds. The molecule has 0 aliphatic rings. The van der Waals surface area contributed by atoms with Crippen molar-refractivity contribution in [2.75, 3.05) is 18.6 Å². The van der Waals surface area contributed by atoms with Crippen LogP contribution in [0.1, 0.15) is 32.1 Å². The lowest BCUT2D eigenvalue weighted by Crippen LogP contribution is -2.57. The first kappa shape index (κ1) is 30.1. The van der Waals surface area contributed by atoms with Gasteiger partial charge >= 0.3 is 11.9 Å². The van der Waals surface area contributed by atoms with E-state index in [0.29, 0.717) is 5.75 Å². The van der Waals surface area contributed by atoms with Crippen LogP contribution in [0, 0.1) is 0 Å². The molecule has 188 valence electrons. The van der Waals surface area contributed by atoms with E-state index in [1.54, 1.807) is 6.26 Å². The van der Waals surface area contributed by atoms with Crippen LogP contribution >= 0.6 is 11.8 Å². The van der Waals surface area contributed by atoms with Gasteiger partial charge in [-0.3, -0.25) is 24.0 Å². The van der Waals surface area contributed by atoms with E-state index in [4.69, 9.17) is 21.7 Å². The third-order valence-electron chi connectivity index (χ3n) is 4.35. The van der Waals surface area contributed by atoms with Gasteiger partial charge in [0.2, 0.25) is 23.6 Å². The van der Waals surface area contributed by atoms with Crippen molar-refractivity contribution in [1.29, 1.82) is 0 Å². The molecular formula is C18H31N5O9S. The van der Waals surface area contributed by atoms with E-state index in [9.17, 15) is 33.9 Å². The van der Waals surface area contributed by atoms with Crippen LogP contribution in [0.2, 0.25) is 0 Å². The average molecular weight is 494 g/mol. The predicted octanol–water partition coefficient (Wildman–Crippen LogP) is -3.27. The molecular weight excluding hydrogens is 462 g/mol. The molecule has 0 aromatic carbocycles. The number of carbonyl (C=O) groups excluding carboxylic acids is 4. The summed E-state index contributed by atoms with van der Waals surface area (Å²) in [4.78, 5) is 70.6. The topological polar surface area (TPSA) is 251 Å². The third kappa shape index (κ3) is 12.6. The van der Waals surface area contributed by atoms with Gasteiger partial charge in [0.15, 0.2) is 0 Å². The van der Waals surface area contributed by atoms with Crippen molar-refractivity contribution in [2.24, 2.45) is 11.5 Å². The Hall–Kier alpha value is -2.91. The molecule has 0 aromatic heterocycles. The number of hydrogen-bond donors (Lipinski definition) is 8. The van der Waals surface area contributed by atoms with Crippen molar-refractivity contribution in [3.8, 4) is 0 Å². The normalized spacial score (nSPS) is 14.3. The molecule has 0 rings (SSSR count). The lowest BCUT2D eigenvalue weighted by atomic mass is 10.1. The second-order valence-electron chi connectivity index (χ2n) is 7.03. The zero-order chi connectivity index (χ0) is 25.6. The van der Waals surface area contributed by atoms with Gasteiger partial charge < -0.3 is 42.7 Å². The van der Waals surface area contributed by atoms with Crippen LogP contribution in [-0.2, 0) is 28.8 Å². The highest BCUT2D eigenvalue weighted by atomic mass is 32.2. The summed E-state index contributed by atoms with van der Waals surface area (Å²) in [7, 11) is 0. The minimum absolute atomic E-state index is 0.139. The van der Waals surface area contributed by atoms with Crippen LogP contribution in [0.3, 0.4) is 0 Å². The van der Waals surface area contributed by atoms with Crippen LogP contribution in [0.15, 0.2) is 0 Å². The van der Waals surface area contributed by atoms with Crippen molar-refractivity contribution >= 4 is 47.3 Å². The zero-order valence-electron chi connectivity index (χ0n) is 18.1. The third-order valence-corrected chi connectivity index (χ3v) is 4.99. The standard InChI is InChI=1S/C18H31N5O9S/c1-33-7-6-11(21-15(28)9(19)8-24)17(30)22-10(3-5-14(26)27)16(29)23-12(18(31)32)2-4-13(20)25/h9-12,24H,2-8,19H2,1H3,(H2,20,25)(H,21,28)(H,22,30)(H,23,29)(H,26,27)(H,31,32). The number of amides is 4. The molecule has 0 spiro atoms. The minimum atomic E-state index is -1.50. The molecule has 0 heterocycles. The Labute approximate surface area is 194 Å². The molecule has 0 aliphatic heterocycles. The first-order valence-electron chi connectivity index (χ1n) is 9.92. The zero-order valence-corrected chi connectivity index (χ0v) is 18.9. The second-order valence-corrected chi connectivity index (χ2v) is 8.02. The highest BCUT2D eigenvalue weighted by molar-refractivity contribution is 7.98. The number of aliphatic carboxylic acids is 2. The molecule has 10 N–H and O–H groups in total. The van der Waals surface area contributed by atoms with Gasteiger partial charge in [-0.25, -0.2) is 4.79 Å². The maximum absolute atomic E-state index is 12.7. The van der Waals surface area contributed by atoms with Crippen molar-refractivity contribution in [3.63, 3.8) is 0 Å². The Kier molecular flexibility index (Phi) is 14.4. The number of thioether (sulfide) groups is 1. The number of aliphatic hydroxyl groups is 1. The Morgan fingerprint density at radius 3 is 1.76 bits per heavy atom. The van der Waals surface area contributed by atoms with Crippen LogP contribution < -0.4 is 27.4 Å². The van der Waals surface area contributed by atoms with Crippen molar-refractivity contribution in [3.05, 3.63) is 0 Å². The van der Waals surface area contributed by atoms with E-state index in [2.05, 4.69) is 16.0 Å². The fourth-order valence-corrected chi connectivity index (χ4v) is 2.96. The summed E-state index contributed by atoms with van der Waals surface area (Å²) in [5, 5.41) is 34.0. The summed E-state index contributed by atoms with van der Waals surface area (Å²) < 4.78 is 0. The van der Waals surface area contributed by atoms with Gasteiger partial charge in [-0.2, -0.15) is 11.8 Å². The molecule has 33 heavy (non-hydrogen) atoms. The highest BCUT2D eigenvalue weighted by Gasteiger charge is 2.30. The van der Waals surface area contributed by atoms with Gasteiger partial charge in [0, 0.05) is 12.8 Å². The number of nitrogens with one attached hydrogen (secondary N) is 3. The van der Waals surface area contributed by atoms with Crippen molar-refractivity contribution in [1.82, 2.24) is 16.0 Å². The second kappa shape index (κ2) is 15.8. The molecule has 0 fully saturated rings. The van der Waals surface area contributed by atoms with E-state index in [1.165, 1.54) is 11.8 Å². The highest BCUT2D eigenvalue weighted by Crippen LogP contribution is 2.06. The SMILES string of the molecule is CSCCC(NC(=O)C(N)CO)C(=O)NC(CCC(=O)O)C(=O)NC(CCC(N)=O)C(=O)O. The monoisotopic (exact) mass is 493 g/mol. The molecule has 0 saturated carbocycles. The number of rotatable bonds is 17. The summed E-state index contributed by atoms with van der Waals surface area (Å²) in [6.07, 6.45) is 0.389. The molecule has 0 radical (unpaired) electrons. The van der Waals surface area contributed by atoms with Gasteiger partial charge in [0.05, 0.1) is 6.61 Å². The molecule has 0 saturated heterocycles. The van der Waals surface area contributed by atoms with Gasteiger partial charge in [-0.05, 0) is 31.3 Å². The van der Waals surface area contributed by atoms with E-state index in [0.717, 1.165) is 0 Å². The van der Waals surface area contributed by atoms with E-state index < -0.39 is 72.8 Å². The molecule has 4 unspecified atom stereocenters. The fraction of sp³-hybridized carbons (Fsp3) is 0.667. The van der Waals surface area contributed by atoms with Crippen LogP contribution in [-0.4, -0.2) is 93.7 Å². The van der Waals surface area contributed by atoms with Crippen LogP contribution in [0.5, 0.6) is 0 Å². The quantitative estimate of drug-likeness (QED) is 0.0997. The van der Waals surface area contributed by atoms with Crippen molar-refractivity contribution < 1.29 is 44.1 Å². The molecule has 14 nitrogen and oxygen atoms in total. The van der Waals surface area contributed by atoms with Gasteiger partial charge in [0.1, 0.15) is 24.2 Å². The Balaban J connectivity index is 5.49. The smallest absolute Gasteiger partial charge is 0.326 e. The summed E-state index contributed by atoms with van der Waals surface area (Å²) in [5.74, 6) is -5.65. The maximum atomic E-state index is 12.7. The lowest BCUT2D eigenvalue weighted by molar-refractivity contribution is -0.143. The van der Waals surface area contributed by atoms with Crippen molar-refractivity contribution in [2.45, 2.75) is 56.3 Å². The van der Waals surface area contributed by atoms with Gasteiger partial charge in [-0.15, -0.1) is 0 Å². The van der Waals surface area contributed by atoms with Crippen LogP contribution in [0.4, 0.5) is 0 Å². The Bertz CT molecular complexity index is 721. The molecule has 0 bridgehead atoms. The number of primary amides is 1. The summed E-state index contributed by atoms with van der Waals surface area (Å²) >= 11 is 1.38. The van der Waals surface area contributed by atoms with E-state index in [-0.39, 0.29) is 25.7 Å². The lowest BCUT2D eigenvalue weighted by Gasteiger charge is -2.24. The van der Waals surface area contributed by atoms with Gasteiger partial charge in [0.25, 0.3) is 0 Å².